The maximum absolute atomic E-state index is 6.74. The van der Waals surface area contributed by atoms with Gasteiger partial charge in [0.2, 0.25) is 0 Å². The second-order valence-electron chi connectivity index (χ2n) is 16.4. The minimum atomic E-state index is -0.146. The lowest BCUT2D eigenvalue weighted by atomic mass is 9.43. The third kappa shape index (κ3) is 4.51. The largest absolute Gasteiger partial charge is 0.456 e. The molecule has 0 fully saturated rings. The highest BCUT2D eigenvalue weighted by molar-refractivity contribution is 6.94. The number of rotatable bonds is 4. The van der Waals surface area contributed by atoms with Crippen LogP contribution in [0.5, 0.6) is 0 Å². The molecule has 2 aliphatic heterocycles. The van der Waals surface area contributed by atoms with E-state index in [-0.39, 0.29) is 6.85 Å². The molecule has 0 amide bonds. The monoisotopic (exact) mass is 757 g/mol. The molecule has 59 heavy (non-hydrogen) atoms. The van der Waals surface area contributed by atoms with Gasteiger partial charge in [-0.3, -0.25) is 0 Å². The molecule has 8 aromatic carbocycles. The van der Waals surface area contributed by atoms with E-state index in [2.05, 4.69) is 193 Å². The first-order chi connectivity index (χ1) is 29.0. The first-order valence-corrected chi connectivity index (χ1v) is 20.3. The van der Waals surface area contributed by atoms with E-state index in [0.717, 1.165) is 67.0 Å². The number of hydrogen-bond acceptors (Lipinski definition) is 4. The molecule has 0 saturated heterocycles. The topological polar surface area (TPSA) is 37.7 Å². The van der Waals surface area contributed by atoms with Gasteiger partial charge in [0.15, 0.2) is 0 Å². The van der Waals surface area contributed by atoms with Gasteiger partial charge in [0.25, 0.3) is 0 Å². The van der Waals surface area contributed by atoms with Crippen LogP contribution in [0.15, 0.2) is 173 Å². The first kappa shape index (κ1) is 32.6. The predicted octanol–water partition coefficient (Wildman–Crippen LogP) is 12.4. The molecule has 0 saturated carbocycles. The Hall–Kier alpha value is -7.44. The molecule has 0 N–H and O–H groups in total. The minimum absolute atomic E-state index is 0.146. The Kier molecular flexibility index (Phi) is 6.53. The summed E-state index contributed by atoms with van der Waals surface area (Å²) < 4.78 is 15.9. The van der Waals surface area contributed by atoms with Crippen molar-refractivity contribution in [2.45, 2.75) is 6.92 Å². The standard InChI is InChI=1S/C53H36BN3O2/c1-31-24-41-39-28-40-38-16-10-11-17-47(38)58-50(40)29-45(39)57(37-21-19-36(20-22-37)55(2)3)54-43-26-35-27-48(33-14-8-5-9-15-33)59-49(35)30-46(43)56-44-23-18-34(32-12-6-4-7-13-32)25-42(44)51(31)53(56)52(41)54/h4-30H,1-3H3. The van der Waals surface area contributed by atoms with Crippen molar-refractivity contribution in [2.24, 2.45) is 0 Å². The Morgan fingerprint density at radius 3 is 2.08 bits per heavy atom. The number of fused-ring (bicyclic) bond motifs is 12. The van der Waals surface area contributed by atoms with Crippen molar-refractivity contribution < 1.29 is 8.83 Å². The van der Waals surface area contributed by atoms with E-state index >= 15 is 0 Å². The van der Waals surface area contributed by atoms with Gasteiger partial charge in [0.05, 0.1) is 11.0 Å². The van der Waals surface area contributed by atoms with E-state index in [1.165, 1.54) is 60.5 Å². The molecular weight excluding hydrogens is 721 g/mol. The third-order valence-corrected chi connectivity index (χ3v) is 12.9. The molecule has 0 bridgehead atoms. The summed E-state index contributed by atoms with van der Waals surface area (Å²) in [6.07, 6.45) is 0. The van der Waals surface area contributed by atoms with E-state index in [1.807, 2.05) is 6.07 Å². The first-order valence-electron chi connectivity index (χ1n) is 20.3. The van der Waals surface area contributed by atoms with Crippen LogP contribution >= 0.6 is 0 Å². The summed E-state index contributed by atoms with van der Waals surface area (Å²) in [6.45, 7) is 2.14. The van der Waals surface area contributed by atoms with Crippen LogP contribution in [0.2, 0.25) is 0 Å². The van der Waals surface area contributed by atoms with Crippen molar-refractivity contribution >= 4 is 89.5 Å². The average molecular weight is 758 g/mol. The number of anilines is 3. The Bertz CT molecular complexity index is 3540. The Labute approximate surface area is 341 Å². The Morgan fingerprint density at radius 1 is 0.542 bits per heavy atom. The van der Waals surface area contributed by atoms with Gasteiger partial charge in [-0.25, -0.2) is 0 Å². The summed E-state index contributed by atoms with van der Waals surface area (Å²) in [5.41, 5.74) is 19.4. The van der Waals surface area contributed by atoms with Crippen LogP contribution in [-0.4, -0.2) is 25.5 Å². The summed E-state index contributed by atoms with van der Waals surface area (Å²) in [4.78, 5) is 4.73. The molecule has 0 aliphatic carbocycles. The highest BCUT2D eigenvalue weighted by Crippen LogP contribution is 2.49. The predicted molar refractivity (Wildman–Crippen MR) is 247 cm³/mol. The normalized spacial score (nSPS) is 12.9. The van der Waals surface area contributed by atoms with Crippen LogP contribution in [0, 0.1) is 6.92 Å². The van der Waals surface area contributed by atoms with E-state index in [1.54, 1.807) is 0 Å². The molecule has 3 aromatic heterocycles. The Morgan fingerprint density at radius 2 is 1.29 bits per heavy atom. The van der Waals surface area contributed by atoms with Gasteiger partial charge in [-0.2, -0.15) is 0 Å². The number of aryl methyl sites for hydroxylation is 1. The van der Waals surface area contributed by atoms with Crippen LogP contribution in [0.4, 0.5) is 17.1 Å². The molecule has 13 rings (SSSR count). The SMILES string of the molecule is Cc1cc2c3c4c1c1cc(-c5ccccc5)ccc1n4-c1cc4oc(-c5ccccc5)cc4cc1B3N(c1ccc(N(C)C)cc1)c1cc3oc4ccccc4c3cc1-2. The number of benzene rings is 8. The highest BCUT2D eigenvalue weighted by Gasteiger charge is 2.45. The molecule has 5 nitrogen and oxygen atoms in total. The van der Waals surface area contributed by atoms with Crippen molar-refractivity contribution in [1.29, 1.82) is 0 Å². The van der Waals surface area contributed by atoms with E-state index in [4.69, 9.17) is 8.83 Å². The molecule has 2 aliphatic rings. The van der Waals surface area contributed by atoms with Crippen molar-refractivity contribution in [1.82, 2.24) is 4.57 Å². The summed E-state index contributed by atoms with van der Waals surface area (Å²) in [5.74, 6) is 0.865. The number of para-hydroxylation sites is 1. The summed E-state index contributed by atoms with van der Waals surface area (Å²) in [7, 11) is 4.19. The molecule has 6 heteroatoms. The van der Waals surface area contributed by atoms with Crippen LogP contribution < -0.4 is 20.6 Å². The molecule has 0 unspecified atom stereocenters. The summed E-state index contributed by atoms with van der Waals surface area (Å²) in [6, 6.07) is 59.6. The van der Waals surface area contributed by atoms with E-state index < -0.39 is 0 Å². The maximum Gasteiger partial charge on any atom is 0.333 e. The third-order valence-electron chi connectivity index (χ3n) is 12.9. The van der Waals surface area contributed by atoms with E-state index in [9.17, 15) is 0 Å². The molecule has 0 radical (unpaired) electrons. The van der Waals surface area contributed by atoms with Gasteiger partial charge in [0, 0.05) is 87.0 Å². The van der Waals surface area contributed by atoms with Crippen LogP contribution in [0.3, 0.4) is 0 Å². The number of furan rings is 2. The molecule has 0 atom stereocenters. The second kappa shape index (κ2) is 11.8. The maximum atomic E-state index is 6.74. The molecular formula is C53H36BN3O2. The van der Waals surface area contributed by atoms with E-state index in [0.29, 0.717) is 0 Å². The van der Waals surface area contributed by atoms with Gasteiger partial charge in [-0.15, -0.1) is 0 Å². The van der Waals surface area contributed by atoms with Gasteiger partial charge < -0.3 is 23.1 Å². The van der Waals surface area contributed by atoms with Crippen molar-refractivity contribution in [3.63, 3.8) is 0 Å². The second-order valence-corrected chi connectivity index (χ2v) is 16.4. The van der Waals surface area contributed by atoms with Crippen LogP contribution in [-0.2, 0) is 0 Å². The lowest BCUT2D eigenvalue weighted by Gasteiger charge is -2.42. The summed E-state index contributed by atoms with van der Waals surface area (Å²) in [5, 5.41) is 5.88. The van der Waals surface area contributed by atoms with Crippen LogP contribution in [0.25, 0.3) is 94.0 Å². The lowest BCUT2D eigenvalue weighted by Crippen LogP contribution is -2.60. The highest BCUT2D eigenvalue weighted by atomic mass is 16.3. The fourth-order valence-electron chi connectivity index (χ4n) is 10.2. The van der Waals surface area contributed by atoms with Crippen molar-refractivity contribution in [3.05, 3.63) is 169 Å². The zero-order chi connectivity index (χ0) is 39.1. The molecule has 0 spiro atoms. The van der Waals surface area contributed by atoms with Gasteiger partial charge in [-0.05, 0) is 94.7 Å². The van der Waals surface area contributed by atoms with Gasteiger partial charge >= 0.3 is 6.85 Å². The van der Waals surface area contributed by atoms with Crippen molar-refractivity contribution in [2.75, 3.05) is 23.8 Å². The number of aromatic nitrogens is 1. The number of hydrogen-bond donors (Lipinski definition) is 0. The average Bonchev–Trinajstić information content (AvgIpc) is 3.97. The Balaban J connectivity index is 1.19. The van der Waals surface area contributed by atoms with Gasteiger partial charge in [0.1, 0.15) is 22.5 Å². The number of nitrogens with zero attached hydrogens (tertiary/aromatic N) is 3. The smallest absolute Gasteiger partial charge is 0.333 e. The van der Waals surface area contributed by atoms with Crippen molar-refractivity contribution in [3.8, 4) is 39.3 Å². The molecule has 278 valence electrons. The minimum Gasteiger partial charge on any atom is -0.456 e. The molecule has 5 heterocycles. The molecule has 11 aromatic rings. The lowest BCUT2D eigenvalue weighted by molar-refractivity contribution is 0.631. The summed E-state index contributed by atoms with van der Waals surface area (Å²) >= 11 is 0. The zero-order valence-electron chi connectivity index (χ0n) is 32.8. The van der Waals surface area contributed by atoms with Crippen LogP contribution in [0.1, 0.15) is 5.56 Å². The fraction of sp³-hybridized carbons (Fsp3) is 0.0566. The zero-order valence-corrected chi connectivity index (χ0v) is 32.8. The van der Waals surface area contributed by atoms with Gasteiger partial charge in [-0.1, -0.05) is 97.1 Å². The fourth-order valence-corrected chi connectivity index (χ4v) is 10.2. The quantitative estimate of drug-likeness (QED) is 0.168.